The molecule has 0 radical (unpaired) electrons. The van der Waals surface area contributed by atoms with Gasteiger partial charge in [0.2, 0.25) is 0 Å². The molecule has 106 valence electrons. The van der Waals surface area contributed by atoms with E-state index in [0.717, 1.165) is 22.4 Å². The van der Waals surface area contributed by atoms with Gasteiger partial charge in [-0.2, -0.15) is 5.26 Å². The number of ether oxygens (including phenoxy) is 1. The number of unbranched alkanes of at least 4 members (excludes halogenated alkanes) is 1. The Labute approximate surface area is 122 Å². The fourth-order valence-corrected chi connectivity index (χ4v) is 2.06. The van der Waals surface area contributed by atoms with Gasteiger partial charge in [0.25, 0.3) is 0 Å². The van der Waals surface area contributed by atoms with Crippen molar-refractivity contribution in [2.75, 3.05) is 6.61 Å². The van der Waals surface area contributed by atoms with Gasteiger partial charge in [0, 0.05) is 18.1 Å². The lowest BCUT2D eigenvalue weighted by molar-refractivity contribution is -0.131. The number of carbonyl (C=O) groups is 1. The molecule has 0 aliphatic heterocycles. The van der Waals surface area contributed by atoms with Crippen molar-refractivity contribution >= 4 is 22.8 Å². The van der Waals surface area contributed by atoms with E-state index >= 15 is 0 Å². The molecule has 4 heteroatoms. The Kier molecular flexibility index (Phi) is 4.94. The van der Waals surface area contributed by atoms with Crippen molar-refractivity contribution in [2.45, 2.75) is 12.8 Å². The van der Waals surface area contributed by atoms with Crippen molar-refractivity contribution in [3.63, 3.8) is 0 Å². The maximum Gasteiger partial charge on any atom is 0.328 e. The van der Waals surface area contributed by atoms with Crippen LogP contribution in [0.5, 0.6) is 5.75 Å². The summed E-state index contributed by atoms with van der Waals surface area (Å²) < 4.78 is 5.68. The third-order valence-corrected chi connectivity index (χ3v) is 3.01. The lowest BCUT2D eigenvalue weighted by Gasteiger charge is -2.11. The van der Waals surface area contributed by atoms with Crippen molar-refractivity contribution in [3.8, 4) is 11.8 Å². The number of hydrogen-bond acceptors (Lipinski definition) is 3. The van der Waals surface area contributed by atoms with E-state index in [1.54, 1.807) is 6.08 Å². The van der Waals surface area contributed by atoms with Gasteiger partial charge < -0.3 is 9.84 Å². The molecule has 0 saturated heterocycles. The molecule has 0 unspecified atom stereocenters. The van der Waals surface area contributed by atoms with E-state index in [9.17, 15) is 4.79 Å². The summed E-state index contributed by atoms with van der Waals surface area (Å²) in [4.78, 5) is 10.8. The largest absolute Gasteiger partial charge is 0.493 e. The maximum atomic E-state index is 10.8. The van der Waals surface area contributed by atoms with Crippen molar-refractivity contribution in [1.29, 1.82) is 5.26 Å². The highest BCUT2D eigenvalue weighted by Gasteiger charge is 2.06. The van der Waals surface area contributed by atoms with Crippen LogP contribution < -0.4 is 4.74 Å². The van der Waals surface area contributed by atoms with Crippen molar-refractivity contribution in [3.05, 3.63) is 48.0 Å². The van der Waals surface area contributed by atoms with Crippen molar-refractivity contribution in [2.24, 2.45) is 0 Å². The van der Waals surface area contributed by atoms with Crippen LogP contribution in [0.1, 0.15) is 18.4 Å². The monoisotopic (exact) mass is 281 g/mol. The molecule has 0 aliphatic rings. The SMILES string of the molecule is N#CCCCOc1ccc2ccccc2c1/C=C/C(=O)O. The van der Waals surface area contributed by atoms with Gasteiger partial charge in [-0.05, 0) is 29.3 Å². The number of nitrogens with zero attached hydrogens (tertiary/aromatic N) is 1. The third-order valence-electron chi connectivity index (χ3n) is 3.01. The van der Waals surface area contributed by atoms with E-state index in [1.165, 1.54) is 0 Å². The number of nitriles is 1. The predicted octanol–water partition coefficient (Wildman–Crippen LogP) is 3.62. The summed E-state index contributed by atoms with van der Waals surface area (Å²) in [6, 6.07) is 13.6. The first kappa shape index (κ1) is 14.6. The summed E-state index contributed by atoms with van der Waals surface area (Å²) in [6.07, 6.45) is 3.73. The predicted molar refractivity (Wildman–Crippen MR) is 81.0 cm³/mol. The van der Waals surface area contributed by atoms with Crippen LogP contribution in [0.4, 0.5) is 0 Å². The van der Waals surface area contributed by atoms with Crippen LogP contribution >= 0.6 is 0 Å². The van der Waals surface area contributed by atoms with E-state index < -0.39 is 5.97 Å². The molecule has 2 rings (SSSR count). The normalized spacial score (nSPS) is 10.6. The minimum Gasteiger partial charge on any atom is -0.493 e. The molecule has 0 aromatic heterocycles. The third kappa shape index (κ3) is 3.83. The highest BCUT2D eigenvalue weighted by atomic mass is 16.5. The zero-order valence-electron chi connectivity index (χ0n) is 11.5. The van der Waals surface area contributed by atoms with E-state index in [-0.39, 0.29) is 0 Å². The van der Waals surface area contributed by atoms with Gasteiger partial charge in [0.1, 0.15) is 5.75 Å². The molecule has 1 N–H and O–H groups in total. The molecule has 0 bridgehead atoms. The summed E-state index contributed by atoms with van der Waals surface area (Å²) >= 11 is 0. The lowest BCUT2D eigenvalue weighted by Crippen LogP contribution is -1.99. The highest BCUT2D eigenvalue weighted by Crippen LogP contribution is 2.29. The van der Waals surface area contributed by atoms with E-state index in [4.69, 9.17) is 15.1 Å². The zero-order chi connectivity index (χ0) is 15.1. The van der Waals surface area contributed by atoms with Crippen LogP contribution in [-0.4, -0.2) is 17.7 Å². The van der Waals surface area contributed by atoms with Crippen LogP contribution in [0, 0.1) is 11.3 Å². The van der Waals surface area contributed by atoms with Crippen LogP contribution in [-0.2, 0) is 4.79 Å². The van der Waals surface area contributed by atoms with E-state index in [0.29, 0.717) is 25.2 Å². The molecule has 21 heavy (non-hydrogen) atoms. The topological polar surface area (TPSA) is 70.3 Å². The number of benzene rings is 2. The number of carboxylic acids is 1. The van der Waals surface area contributed by atoms with Gasteiger partial charge in [-0.15, -0.1) is 0 Å². The van der Waals surface area contributed by atoms with Crippen LogP contribution in [0.2, 0.25) is 0 Å². The quantitative estimate of drug-likeness (QED) is 0.648. The molecule has 0 heterocycles. The maximum absolute atomic E-state index is 10.8. The molecular formula is C17H15NO3. The molecule has 2 aromatic rings. The van der Waals surface area contributed by atoms with Crippen molar-refractivity contribution < 1.29 is 14.6 Å². The second-order valence-electron chi connectivity index (χ2n) is 4.48. The average Bonchev–Trinajstić information content (AvgIpc) is 2.49. The minimum atomic E-state index is -1.00. The Bertz CT molecular complexity index is 714. The van der Waals surface area contributed by atoms with Gasteiger partial charge >= 0.3 is 5.97 Å². The first-order chi connectivity index (χ1) is 10.2. The summed E-state index contributed by atoms with van der Waals surface area (Å²) in [5.41, 5.74) is 0.743. The van der Waals surface area contributed by atoms with Gasteiger partial charge in [-0.1, -0.05) is 30.3 Å². The molecular weight excluding hydrogens is 266 g/mol. The zero-order valence-corrected chi connectivity index (χ0v) is 11.5. The number of hydrogen-bond donors (Lipinski definition) is 1. The van der Waals surface area contributed by atoms with Gasteiger partial charge in [0.05, 0.1) is 12.7 Å². The summed E-state index contributed by atoms with van der Waals surface area (Å²) in [6.45, 7) is 0.430. The smallest absolute Gasteiger partial charge is 0.328 e. The summed E-state index contributed by atoms with van der Waals surface area (Å²) in [5, 5.41) is 19.3. The Morgan fingerprint density at radius 1 is 1.29 bits per heavy atom. The first-order valence-electron chi connectivity index (χ1n) is 6.65. The van der Waals surface area contributed by atoms with Gasteiger partial charge in [0.15, 0.2) is 0 Å². The van der Waals surface area contributed by atoms with Crippen LogP contribution in [0.15, 0.2) is 42.5 Å². The standard InChI is InChI=1S/C17H15NO3/c18-11-3-4-12-21-16-9-7-13-5-1-2-6-14(13)15(16)8-10-17(19)20/h1-2,5-10H,3-4,12H2,(H,19,20)/b10-8+. The molecule has 4 nitrogen and oxygen atoms in total. The molecule has 0 spiro atoms. The highest BCUT2D eigenvalue weighted by molar-refractivity contribution is 5.96. The van der Waals surface area contributed by atoms with Crippen LogP contribution in [0.3, 0.4) is 0 Å². The molecule has 0 saturated carbocycles. The molecule has 0 fully saturated rings. The van der Waals surface area contributed by atoms with Gasteiger partial charge in [-0.25, -0.2) is 4.79 Å². The first-order valence-corrected chi connectivity index (χ1v) is 6.65. The average molecular weight is 281 g/mol. The van der Waals surface area contributed by atoms with E-state index in [1.807, 2.05) is 36.4 Å². The number of aliphatic carboxylic acids is 1. The Morgan fingerprint density at radius 3 is 2.86 bits per heavy atom. The number of fused-ring (bicyclic) bond motifs is 1. The molecule has 0 atom stereocenters. The van der Waals surface area contributed by atoms with Gasteiger partial charge in [-0.3, -0.25) is 0 Å². The number of carboxylic acid groups (broad SMARTS) is 1. The van der Waals surface area contributed by atoms with Crippen molar-refractivity contribution in [1.82, 2.24) is 0 Å². The summed E-state index contributed by atoms with van der Waals surface area (Å²) in [7, 11) is 0. The second kappa shape index (κ2) is 7.11. The Hall–Kier alpha value is -2.80. The second-order valence-corrected chi connectivity index (χ2v) is 4.48. The van der Waals surface area contributed by atoms with E-state index in [2.05, 4.69) is 6.07 Å². The number of rotatable bonds is 6. The fourth-order valence-electron chi connectivity index (χ4n) is 2.06. The van der Waals surface area contributed by atoms with Crippen LogP contribution in [0.25, 0.3) is 16.8 Å². The summed E-state index contributed by atoms with van der Waals surface area (Å²) in [5.74, 6) is -0.373. The lowest BCUT2D eigenvalue weighted by atomic mass is 10.0. The molecule has 0 amide bonds. The molecule has 0 aliphatic carbocycles. The Morgan fingerprint density at radius 2 is 2.10 bits per heavy atom. The Balaban J connectivity index is 2.36. The molecule has 2 aromatic carbocycles. The fraction of sp³-hybridized carbons (Fsp3) is 0.176. The minimum absolute atomic E-state index is 0.430.